The van der Waals surface area contributed by atoms with Gasteiger partial charge in [0.2, 0.25) is 0 Å². The fraction of sp³-hybridized carbons (Fsp3) is 0.115. The van der Waals surface area contributed by atoms with Crippen LogP contribution in [0.25, 0.3) is 10.8 Å². The maximum atomic E-state index is 12.9. The van der Waals surface area contributed by atoms with Crippen molar-refractivity contribution in [1.29, 1.82) is 0 Å². The van der Waals surface area contributed by atoms with E-state index in [9.17, 15) is 4.79 Å². The van der Waals surface area contributed by atoms with Crippen LogP contribution in [0.1, 0.15) is 21.5 Å². The number of anilines is 1. The first kappa shape index (κ1) is 19.5. The van der Waals surface area contributed by atoms with Crippen LogP contribution in [0.5, 0.6) is 11.5 Å². The van der Waals surface area contributed by atoms with Crippen LogP contribution in [0, 0.1) is 6.92 Å². The van der Waals surface area contributed by atoms with Crippen LogP contribution in [-0.2, 0) is 6.61 Å². The second-order valence-corrected chi connectivity index (χ2v) is 7.06. The van der Waals surface area contributed by atoms with Gasteiger partial charge < -0.3 is 14.8 Å². The number of methoxy groups -OCH3 is 1. The van der Waals surface area contributed by atoms with Gasteiger partial charge in [0.05, 0.1) is 7.11 Å². The largest absolute Gasteiger partial charge is 0.496 e. The predicted octanol–water partition coefficient (Wildman–Crippen LogP) is 5.99. The van der Waals surface area contributed by atoms with Crippen LogP contribution < -0.4 is 14.8 Å². The molecule has 4 aromatic carbocycles. The predicted molar refractivity (Wildman–Crippen MR) is 120 cm³/mol. The lowest BCUT2D eigenvalue weighted by molar-refractivity contribution is 0.102. The van der Waals surface area contributed by atoms with Crippen LogP contribution in [0.2, 0.25) is 0 Å². The van der Waals surface area contributed by atoms with Crippen LogP contribution in [0.4, 0.5) is 5.69 Å². The third kappa shape index (κ3) is 4.13. The Balaban J connectivity index is 1.57. The Bertz CT molecular complexity index is 1190. The molecule has 0 aromatic heterocycles. The van der Waals surface area contributed by atoms with Gasteiger partial charge in [-0.05, 0) is 48.2 Å². The van der Waals surface area contributed by atoms with Gasteiger partial charge in [0, 0.05) is 22.2 Å². The molecule has 0 aliphatic heterocycles. The maximum absolute atomic E-state index is 12.9. The number of benzene rings is 4. The van der Waals surface area contributed by atoms with Gasteiger partial charge in [-0.1, -0.05) is 54.6 Å². The molecule has 1 amide bonds. The van der Waals surface area contributed by atoms with E-state index in [4.69, 9.17) is 9.47 Å². The second kappa shape index (κ2) is 8.70. The van der Waals surface area contributed by atoms with Crippen molar-refractivity contribution in [2.75, 3.05) is 12.4 Å². The van der Waals surface area contributed by atoms with Gasteiger partial charge >= 0.3 is 0 Å². The molecule has 0 heterocycles. The summed E-state index contributed by atoms with van der Waals surface area (Å²) in [4.78, 5) is 12.9. The minimum absolute atomic E-state index is 0.175. The molecular weight excluding hydrogens is 374 g/mol. The number of rotatable bonds is 6. The fourth-order valence-electron chi connectivity index (χ4n) is 3.44. The SMILES string of the molecule is COc1ccc(C(=O)Nc2cccc3ccccc23)cc1COc1ccccc1C. The van der Waals surface area contributed by atoms with E-state index < -0.39 is 0 Å². The summed E-state index contributed by atoms with van der Waals surface area (Å²) < 4.78 is 11.4. The van der Waals surface area contributed by atoms with Gasteiger partial charge in [0.1, 0.15) is 18.1 Å². The zero-order valence-corrected chi connectivity index (χ0v) is 17.0. The van der Waals surface area contributed by atoms with E-state index in [0.717, 1.165) is 33.3 Å². The quantitative estimate of drug-likeness (QED) is 0.435. The number of hydrogen-bond donors (Lipinski definition) is 1. The van der Waals surface area contributed by atoms with Crippen LogP contribution in [0.3, 0.4) is 0 Å². The Labute approximate surface area is 176 Å². The molecule has 4 nitrogen and oxygen atoms in total. The first-order chi connectivity index (χ1) is 14.7. The number of ether oxygens (including phenoxy) is 2. The monoisotopic (exact) mass is 397 g/mol. The van der Waals surface area contributed by atoms with E-state index in [2.05, 4.69) is 5.32 Å². The average Bonchev–Trinajstić information content (AvgIpc) is 2.78. The smallest absolute Gasteiger partial charge is 0.255 e. The Kier molecular flexibility index (Phi) is 5.66. The summed E-state index contributed by atoms with van der Waals surface area (Å²) in [6.07, 6.45) is 0. The molecule has 4 heteroatoms. The lowest BCUT2D eigenvalue weighted by atomic mass is 10.1. The van der Waals surface area contributed by atoms with Crippen LogP contribution in [-0.4, -0.2) is 13.0 Å². The normalized spacial score (nSPS) is 10.6. The number of para-hydroxylation sites is 1. The highest BCUT2D eigenvalue weighted by atomic mass is 16.5. The highest BCUT2D eigenvalue weighted by Gasteiger charge is 2.13. The Morgan fingerprint density at radius 3 is 2.47 bits per heavy atom. The second-order valence-electron chi connectivity index (χ2n) is 7.06. The summed E-state index contributed by atoms with van der Waals surface area (Å²) in [6, 6.07) is 27.1. The van der Waals surface area contributed by atoms with Crippen LogP contribution >= 0.6 is 0 Å². The minimum Gasteiger partial charge on any atom is -0.496 e. The van der Waals surface area contributed by atoms with E-state index in [1.165, 1.54) is 0 Å². The van der Waals surface area contributed by atoms with Crippen molar-refractivity contribution in [2.45, 2.75) is 13.5 Å². The maximum Gasteiger partial charge on any atom is 0.255 e. The topological polar surface area (TPSA) is 47.6 Å². The number of nitrogens with one attached hydrogen (secondary N) is 1. The Morgan fingerprint density at radius 2 is 1.63 bits per heavy atom. The summed E-state index contributed by atoms with van der Waals surface area (Å²) in [5, 5.41) is 5.11. The third-order valence-electron chi connectivity index (χ3n) is 5.06. The zero-order chi connectivity index (χ0) is 20.9. The lowest BCUT2D eigenvalue weighted by Crippen LogP contribution is -2.13. The molecule has 0 saturated heterocycles. The molecule has 0 atom stereocenters. The van der Waals surface area contributed by atoms with Gasteiger partial charge in [0.15, 0.2) is 0 Å². The molecule has 0 bridgehead atoms. The van der Waals surface area contributed by atoms with Crippen molar-refractivity contribution in [3.63, 3.8) is 0 Å². The molecule has 30 heavy (non-hydrogen) atoms. The Morgan fingerprint density at radius 1 is 0.867 bits per heavy atom. The first-order valence-electron chi connectivity index (χ1n) is 9.80. The van der Waals surface area contributed by atoms with Crippen molar-refractivity contribution in [3.8, 4) is 11.5 Å². The van der Waals surface area contributed by atoms with Crippen molar-refractivity contribution in [2.24, 2.45) is 0 Å². The number of carbonyl (C=O) groups is 1. The summed E-state index contributed by atoms with van der Waals surface area (Å²) >= 11 is 0. The number of fused-ring (bicyclic) bond motifs is 1. The van der Waals surface area contributed by atoms with Crippen molar-refractivity contribution >= 4 is 22.4 Å². The van der Waals surface area contributed by atoms with Gasteiger partial charge in [-0.25, -0.2) is 0 Å². The first-order valence-corrected chi connectivity index (χ1v) is 9.80. The van der Waals surface area contributed by atoms with E-state index in [-0.39, 0.29) is 5.91 Å². The molecule has 4 aromatic rings. The number of aryl methyl sites for hydroxylation is 1. The Hall–Kier alpha value is -3.79. The number of hydrogen-bond acceptors (Lipinski definition) is 3. The lowest BCUT2D eigenvalue weighted by Gasteiger charge is -2.14. The summed E-state index contributed by atoms with van der Waals surface area (Å²) in [5.74, 6) is 1.32. The molecule has 1 N–H and O–H groups in total. The molecule has 0 unspecified atom stereocenters. The zero-order valence-electron chi connectivity index (χ0n) is 17.0. The van der Waals surface area contributed by atoms with E-state index >= 15 is 0 Å². The van der Waals surface area contributed by atoms with E-state index in [0.29, 0.717) is 17.9 Å². The fourth-order valence-corrected chi connectivity index (χ4v) is 3.44. The number of carbonyl (C=O) groups excluding carboxylic acids is 1. The molecule has 150 valence electrons. The van der Waals surface area contributed by atoms with Gasteiger partial charge in [-0.15, -0.1) is 0 Å². The van der Waals surface area contributed by atoms with Gasteiger partial charge in [-0.2, -0.15) is 0 Å². The minimum atomic E-state index is -0.175. The van der Waals surface area contributed by atoms with Gasteiger partial charge in [0.25, 0.3) is 5.91 Å². The highest BCUT2D eigenvalue weighted by Crippen LogP contribution is 2.26. The average molecular weight is 397 g/mol. The highest BCUT2D eigenvalue weighted by molar-refractivity contribution is 6.09. The molecule has 0 saturated carbocycles. The molecular formula is C26H23NO3. The van der Waals surface area contributed by atoms with E-state index in [1.54, 1.807) is 19.2 Å². The summed E-state index contributed by atoms with van der Waals surface area (Å²) in [5.41, 5.74) is 3.20. The summed E-state index contributed by atoms with van der Waals surface area (Å²) in [7, 11) is 1.61. The van der Waals surface area contributed by atoms with E-state index in [1.807, 2.05) is 79.7 Å². The van der Waals surface area contributed by atoms with Gasteiger partial charge in [-0.3, -0.25) is 4.79 Å². The molecule has 0 aliphatic carbocycles. The van der Waals surface area contributed by atoms with Crippen molar-refractivity contribution in [1.82, 2.24) is 0 Å². The number of amides is 1. The van der Waals surface area contributed by atoms with Crippen LogP contribution in [0.15, 0.2) is 84.9 Å². The molecule has 0 radical (unpaired) electrons. The molecule has 0 spiro atoms. The molecule has 0 fully saturated rings. The molecule has 4 rings (SSSR count). The third-order valence-corrected chi connectivity index (χ3v) is 5.06. The van der Waals surface area contributed by atoms with Crippen molar-refractivity contribution < 1.29 is 14.3 Å². The summed E-state index contributed by atoms with van der Waals surface area (Å²) in [6.45, 7) is 2.31. The van der Waals surface area contributed by atoms with Crippen molar-refractivity contribution in [3.05, 3.63) is 102 Å². The molecule has 0 aliphatic rings. The standard InChI is InChI=1S/C26H23NO3/c1-18-8-3-6-13-24(18)30-17-21-16-20(14-15-25(21)29-2)26(28)27-23-12-7-10-19-9-4-5-11-22(19)23/h3-16H,17H2,1-2H3,(H,27,28).